The minimum atomic E-state index is -0.818. The molecule has 1 fully saturated rings. The Kier molecular flexibility index (Phi) is 6.10. The van der Waals surface area contributed by atoms with Crippen LogP contribution in [0.4, 0.5) is 4.79 Å². The highest BCUT2D eigenvalue weighted by Crippen LogP contribution is 2.32. The third-order valence-corrected chi connectivity index (χ3v) is 5.83. The van der Waals surface area contributed by atoms with Crippen LogP contribution in [0.15, 0.2) is 30.5 Å². The number of nitrogens with zero attached hydrogens (tertiary/aromatic N) is 3. The van der Waals surface area contributed by atoms with Crippen LogP contribution < -0.4 is 25.9 Å². The van der Waals surface area contributed by atoms with E-state index < -0.39 is 12.0 Å². The van der Waals surface area contributed by atoms with Gasteiger partial charge in [-0.2, -0.15) is 4.40 Å². The third kappa shape index (κ3) is 4.22. The minimum absolute atomic E-state index is 0.0627. The molecule has 0 radical (unpaired) electrons. The van der Waals surface area contributed by atoms with Crippen LogP contribution in [0.1, 0.15) is 18.4 Å². The predicted octanol–water partition coefficient (Wildman–Crippen LogP) is 1.89. The van der Waals surface area contributed by atoms with Crippen molar-refractivity contribution < 1.29 is 18.7 Å². The van der Waals surface area contributed by atoms with Crippen molar-refractivity contribution in [3.8, 4) is 17.1 Å². The van der Waals surface area contributed by atoms with Crippen LogP contribution in [0.25, 0.3) is 16.8 Å². The van der Waals surface area contributed by atoms with E-state index in [0.29, 0.717) is 45.2 Å². The van der Waals surface area contributed by atoms with Crippen LogP contribution in [0, 0.1) is 5.92 Å². The van der Waals surface area contributed by atoms with E-state index in [0.717, 1.165) is 17.8 Å². The number of benzene rings is 1. The zero-order valence-electron chi connectivity index (χ0n) is 16.5. The summed E-state index contributed by atoms with van der Waals surface area (Å²) >= 11 is 12.4. The van der Waals surface area contributed by atoms with Crippen LogP contribution in [0.2, 0.25) is 10.0 Å². The highest BCUT2D eigenvalue weighted by atomic mass is 35.5. The third-order valence-electron chi connectivity index (χ3n) is 5.28. The molecule has 1 aliphatic heterocycles. The van der Waals surface area contributed by atoms with Crippen LogP contribution in [-0.4, -0.2) is 34.9 Å². The van der Waals surface area contributed by atoms with Gasteiger partial charge in [0.25, 0.3) is 5.65 Å². The van der Waals surface area contributed by atoms with Crippen molar-refractivity contribution in [1.82, 2.24) is 15.1 Å². The van der Waals surface area contributed by atoms with Gasteiger partial charge in [-0.3, -0.25) is 4.79 Å². The molecular formula is C20H21Cl2N6O3+. The monoisotopic (exact) mass is 463 g/mol. The Morgan fingerprint density at radius 3 is 2.61 bits per heavy atom. The number of primary amides is 1. The van der Waals surface area contributed by atoms with Gasteiger partial charge < -0.3 is 21.5 Å². The second-order valence-electron chi connectivity index (χ2n) is 7.25. The number of carbonyl (C=O) groups excluding carboxylic acids is 2. The number of nitrogens with one attached hydrogen (secondary N) is 1. The molecule has 0 unspecified atom stereocenters. The number of piperidine rings is 1. The summed E-state index contributed by atoms with van der Waals surface area (Å²) < 4.78 is 8.04. The van der Waals surface area contributed by atoms with E-state index >= 15 is 0 Å². The average Bonchev–Trinajstić information content (AvgIpc) is 3.11. The molecule has 0 saturated carbocycles. The number of hydrogen-bond donors (Lipinski definition) is 3. The Labute approximate surface area is 187 Å². The lowest BCUT2D eigenvalue weighted by Crippen LogP contribution is -2.35. The van der Waals surface area contributed by atoms with E-state index in [1.807, 2.05) is 0 Å². The molecule has 5 N–H and O–H groups in total. The SMILES string of the molecule is NCc1cc2n(C(N)=O)nc(OC(=O)C3CCNCC3)[n+]2cc1-c1ccc(Cl)cc1Cl. The molecule has 0 bridgehead atoms. The van der Waals surface area contributed by atoms with Crippen molar-refractivity contribution >= 4 is 40.8 Å². The Balaban J connectivity index is 1.84. The number of nitrogens with two attached hydrogens (primary N) is 2. The molecule has 1 amide bonds. The number of aromatic nitrogens is 3. The van der Waals surface area contributed by atoms with E-state index in [9.17, 15) is 9.59 Å². The number of halogens is 2. The molecule has 3 aromatic rings. The van der Waals surface area contributed by atoms with Crippen molar-refractivity contribution in [3.05, 3.63) is 46.1 Å². The second kappa shape index (κ2) is 8.80. The number of rotatable bonds is 4. The largest absolute Gasteiger partial charge is 0.481 e. The van der Waals surface area contributed by atoms with Crippen LogP contribution in [0.5, 0.6) is 6.01 Å². The fourth-order valence-electron chi connectivity index (χ4n) is 3.66. The zero-order valence-corrected chi connectivity index (χ0v) is 18.0. The Hall–Kier alpha value is -2.72. The molecule has 1 aliphatic rings. The molecule has 162 valence electrons. The van der Waals surface area contributed by atoms with Gasteiger partial charge in [-0.25, -0.2) is 4.79 Å². The smallest absolute Gasteiger partial charge is 0.364 e. The van der Waals surface area contributed by atoms with Crippen molar-refractivity contribution in [1.29, 1.82) is 0 Å². The van der Waals surface area contributed by atoms with E-state index in [-0.39, 0.29) is 18.5 Å². The number of carbonyl (C=O) groups is 2. The molecule has 0 atom stereocenters. The van der Waals surface area contributed by atoms with Crippen molar-refractivity contribution in [2.75, 3.05) is 13.1 Å². The number of fused-ring (bicyclic) bond motifs is 1. The molecule has 4 rings (SSSR count). The Morgan fingerprint density at radius 1 is 1.23 bits per heavy atom. The van der Waals surface area contributed by atoms with E-state index in [1.165, 1.54) is 4.40 Å². The van der Waals surface area contributed by atoms with Gasteiger partial charge in [-0.05, 0) is 48.3 Å². The van der Waals surface area contributed by atoms with Gasteiger partial charge in [0, 0.05) is 33.8 Å². The fourth-order valence-corrected chi connectivity index (χ4v) is 4.17. The Bertz CT molecular complexity index is 1170. The zero-order chi connectivity index (χ0) is 22.1. The lowest BCUT2D eigenvalue weighted by Gasteiger charge is -2.19. The lowest BCUT2D eigenvalue weighted by atomic mass is 9.99. The summed E-state index contributed by atoms with van der Waals surface area (Å²) in [5.74, 6) is -0.650. The predicted molar refractivity (Wildman–Crippen MR) is 115 cm³/mol. The van der Waals surface area contributed by atoms with Crippen molar-refractivity contribution in [2.24, 2.45) is 17.4 Å². The molecule has 0 spiro atoms. The maximum atomic E-state index is 12.7. The second-order valence-corrected chi connectivity index (χ2v) is 8.09. The summed E-state index contributed by atoms with van der Waals surface area (Å²) in [5, 5.41) is 8.25. The van der Waals surface area contributed by atoms with E-state index in [2.05, 4.69) is 10.4 Å². The fraction of sp³-hybridized carbons (Fsp3) is 0.300. The number of esters is 1. The van der Waals surface area contributed by atoms with Crippen molar-refractivity contribution in [2.45, 2.75) is 19.4 Å². The standard InChI is InChI=1S/C20H20Cl2N6O3/c21-13-1-2-14(16(22)8-13)15-10-27-17(7-12(15)9-23)28(19(24)30)26-20(27)31-18(29)11-3-5-25-6-4-11/h1-2,7-8,10-11,25H,3-6,9,23H2,(H-,24,30)/p+1. The van der Waals surface area contributed by atoms with Gasteiger partial charge in [-0.1, -0.05) is 29.3 Å². The lowest BCUT2D eigenvalue weighted by molar-refractivity contribution is -0.519. The first-order valence-corrected chi connectivity index (χ1v) is 10.5. The first-order valence-electron chi connectivity index (χ1n) is 9.74. The first kappa shape index (κ1) is 21.5. The summed E-state index contributed by atoms with van der Waals surface area (Å²) in [4.78, 5) is 24.6. The topological polar surface area (TPSA) is 129 Å². The molecule has 11 heteroatoms. The normalized spacial score (nSPS) is 14.7. The molecule has 1 aromatic carbocycles. The molecule has 3 heterocycles. The summed E-state index contributed by atoms with van der Waals surface area (Å²) in [6, 6.07) is 5.89. The summed E-state index contributed by atoms with van der Waals surface area (Å²) in [7, 11) is 0. The average molecular weight is 464 g/mol. The summed E-state index contributed by atoms with van der Waals surface area (Å²) in [6.45, 7) is 1.64. The molecule has 9 nitrogen and oxygen atoms in total. The van der Waals surface area contributed by atoms with Gasteiger partial charge in [0.15, 0.2) is 0 Å². The van der Waals surface area contributed by atoms with Crippen molar-refractivity contribution in [3.63, 3.8) is 0 Å². The van der Waals surface area contributed by atoms with Gasteiger partial charge in [0.05, 0.1) is 17.2 Å². The maximum absolute atomic E-state index is 12.7. The van der Waals surface area contributed by atoms with E-state index in [1.54, 1.807) is 30.5 Å². The maximum Gasteiger partial charge on any atom is 0.481 e. The summed E-state index contributed by atoms with van der Waals surface area (Å²) in [6.07, 6.45) is 3.01. The highest BCUT2D eigenvalue weighted by Gasteiger charge is 2.31. The first-order chi connectivity index (χ1) is 14.9. The van der Waals surface area contributed by atoms with Crippen LogP contribution in [0.3, 0.4) is 0 Å². The van der Waals surface area contributed by atoms with Gasteiger partial charge >= 0.3 is 18.0 Å². The van der Waals surface area contributed by atoms with Gasteiger partial charge in [-0.15, -0.1) is 0 Å². The van der Waals surface area contributed by atoms with Gasteiger partial charge in [0.1, 0.15) is 0 Å². The van der Waals surface area contributed by atoms with Crippen LogP contribution in [-0.2, 0) is 11.3 Å². The number of amides is 1. The molecule has 31 heavy (non-hydrogen) atoms. The molecule has 1 saturated heterocycles. The summed E-state index contributed by atoms with van der Waals surface area (Å²) in [5.41, 5.74) is 13.8. The molecule has 2 aromatic heterocycles. The highest BCUT2D eigenvalue weighted by molar-refractivity contribution is 6.36. The molecular weight excluding hydrogens is 443 g/mol. The molecule has 0 aliphatic carbocycles. The minimum Gasteiger partial charge on any atom is -0.364 e. The number of pyridine rings is 1. The Morgan fingerprint density at radius 2 is 1.97 bits per heavy atom. The quantitative estimate of drug-likeness (QED) is 0.400. The van der Waals surface area contributed by atoms with Gasteiger partial charge in [0.2, 0.25) is 0 Å². The van der Waals surface area contributed by atoms with E-state index in [4.69, 9.17) is 39.4 Å². The number of ether oxygens (including phenoxy) is 1. The van der Waals surface area contributed by atoms with Crippen LogP contribution >= 0.6 is 23.2 Å². The number of hydrogen-bond acceptors (Lipinski definition) is 6.